The SMILES string of the molecule is COc1cccc(CCNc2cc(C)nc(NCc3ccc(F)cc3)n2)c1. The van der Waals surface area contributed by atoms with Gasteiger partial charge in [-0.05, 0) is 48.7 Å². The smallest absolute Gasteiger partial charge is 0.225 e. The zero-order valence-electron chi connectivity index (χ0n) is 15.5. The van der Waals surface area contributed by atoms with Crippen LogP contribution in [0.1, 0.15) is 16.8 Å². The minimum atomic E-state index is -0.243. The molecular formula is C21H23FN4O. The highest BCUT2D eigenvalue weighted by molar-refractivity contribution is 5.42. The van der Waals surface area contributed by atoms with E-state index < -0.39 is 0 Å². The quantitative estimate of drug-likeness (QED) is 0.626. The summed E-state index contributed by atoms with van der Waals surface area (Å²) in [5.41, 5.74) is 3.03. The van der Waals surface area contributed by atoms with Gasteiger partial charge in [0, 0.05) is 24.8 Å². The molecule has 0 bridgehead atoms. The van der Waals surface area contributed by atoms with Crippen LogP contribution in [0.3, 0.4) is 0 Å². The van der Waals surface area contributed by atoms with Gasteiger partial charge >= 0.3 is 0 Å². The van der Waals surface area contributed by atoms with Crippen LogP contribution in [0, 0.1) is 12.7 Å². The topological polar surface area (TPSA) is 59.1 Å². The summed E-state index contributed by atoms with van der Waals surface area (Å²) in [6.45, 7) is 3.21. The lowest BCUT2D eigenvalue weighted by Gasteiger charge is -2.10. The average Bonchev–Trinajstić information content (AvgIpc) is 2.67. The van der Waals surface area contributed by atoms with Gasteiger partial charge in [-0.1, -0.05) is 24.3 Å². The molecule has 3 rings (SSSR count). The number of aryl methyl sites for hydroxylation is 1. The zero-order valence-corrected chi connectivity index (χ0v) is 15.5. The predicted molar refractivity (Wildman–Crippen MR) is 106 cm³/mol. The monoisotopic (exact) mass is 366 g/mol. The van der Waals surface area contributed by atoms with Gasteiger partial charge in [0.25, 0.3) is 0 Å². The third-order valence-corrected chi connectivity index (χ3v) is 4.07. The highest BCUT2D eigenvalue weighted by Crippen LogP contribution is 2.14. The highest BCUT2D eigenvalue weighted by Gasteiger charge is 2.03. The Hall–Kier alpha value is -3.15. The largest absolute Gasteiger partial charge is 0.497 e. The molecule has 0 spiro atoms. The fourth-order valence-corrected chi connectivity index (χ4v) is 2.68. The molecule has 1 aromatic heterocycles. The molecule has 0 aliphatic carbocycles. The number of hydrogen-bond acceptors (Lipinski definition) is 5. The van der Waals surface area contributed by atoms with Crippen molar-refractivity contribution < 1.29 is 9.13 Å². The molecule has 0 amide bonds. The number of rotatable bonds is 8. The van der Waals surface area contributed by atoms with Gasteiger partial charge in [0.05, 0.1) is 7.11 Å². The highest BCUT2D eigenvalue weighted by atomic mass is 19.1. The average molecular weight is 366 g/mol. The standard InChI is InChI=1S/C21H23FN4O/c1-15-12-20(23-11-10-16-4-3-5-19(13-16)27-2)26-21(25-15)24-14-17-6-8-18(22)9-7-17/h3-9,12-13H,10-11,14H2,1-2H3,(H2,23,24,25,26). The van der Waals surface area contributed by atoms with Gasteiger partial charge in [-0.2, -0.15) is 4.98 Å². The summed E-state index contributed by atoms with van der Waals surface area (Å²) in [5.74, 6) is 1.93. The molecule has 27 heavy (non-hydrogen) atoms. The Morgan fingerprint density at radius 2 is 1.78 bits per heavy atom. The number of nitrogens with zero attached hydrogens (tertiary/aromatic N) is 2. The molecule has 3 aromatic rings. The van der Waals surface area contributed by atoms with Crippen molar-refractivity contribution in [1.82, 2.24) is 9.97 Å². The van der Waals surface area contributed by atoms with E-state index in [1.807, 2.05) is 31.2 Å². The first kappa shape index (κ1) is 18.6. The summed E-state index contributed by atoms with van der Waals surface area (Å²) in [7, 11) is 1.67. The molecule has 6 heteroatoms. The molecule has 2 N–H and O–H groups in total. The molecule has 0 atom stereocenters. The number of benzene rings is 2. The van der Waals surface area contributed by atoms with E-state index in [0.29, 0.717) is 12.5 Å². The lowest BCUT2D eigenvalue weighted by atomic mass is 10.1. The van der Waals surface area contributed by atoms with Gasteiger partial charge in [0.1, 0.15) is 17.4 Å². The second-order valence-electron chi connectivity index (χ2n) is 6.23. The van der Waals surface area contributed by atoms with E-state index in [2.05, 4.69) is 26.7 Å². The number of hydrogen-bond donors (Lipinski definition) is 2. The molecule has 0 saturated heterocycles. The molecule has 0 aliphatic rings. The maximum Gasteiger partial charge on any atom is 0.225 e. The van der Waals surface area contributed by atoms with Crippen LogP contribution >= 0.6 is 0 Å². The van der Waals surface area contributed by atoms with Crippen molar-refractivity contribution in [2.24, 2.45) is 0 Å². The van der Waals surface area contributed by atoms with Crippen LogP contribution in [0.4, 0.5) is 16.2 Å². The van der Waals surface area contributed by atoms with E-state index in [1.165, 1.54) is 17.7 Å². The number of halogens is 1. The van der Waals surface area contributed by atoms with Gasteiger partial charge in [0.15, 0.2) is 0 Å². The summed E-state index contributed by atoms with van der Waals surface area (Å²) in [6.07, 6.45) is 0.860. The first-order valence-corrected chi connectivity index (χ1v) is 8.83. The minimum absolute atomic E-state index is 0.243. The fraction of sp³-hybridized carbons (Fsp3) is 0.238. The second kappa shape index (κ2) is 8.98. The summed E-state index contributed by atoms with van der Waals surface area (Å²) in [5, 5.41) is 6.52. The number of aromatic nitrogens is 2. The van der Waals surface area contributed by atoms with Crippen molar-refractivity contribution >= 4 is 11.8 Å². The van der Waals surface area contributed by atoms with Gasteiger partial charge in [-0.25, -0.2) is 9.37 Å². The molecule has 0 saturated carbocycles. The van der Waals surface area contributed by atoms with Crippen molar-refractivity contribution in [3.63, 3.8) is 0 Å². The zero-order chi connectivity index (χ0) is 19.1. The van der Waals surface area contributed by atoms with Gasteiger partial charge in [-0.15, -0.1) is 0 Å². The summed E-state index contributed by atoms with van der Waals surface area (Å²) in [6, 6.07) is 16.3. The number of ether oxygens (including phenoxy) is 1. The van der Waals surface area contributed by atoms with Gasteiger partial charge in [0.2, 0.25) is 5.95 Å². The summed E-state index contributed by atoms with van der Waals surface area (Å²) in [4.78, 5) is 8.90. The lowest BCUT2D eigenvalue weighted by Crippen LogP contribution is -2.10. The normalized spacial score (nSPS) is 10.5. The van der Waals surface area contributed by atoms with Crippen LogP contribution in [-0.2, 0) is 13.0 Å². The molecule has 2 aromatic carbocycles. The first-order valence-electron chi connectivity index (χ1n) is 8.83. The van der Waals surface area contributed by atoms with Gasteiger partial charge < -0.3 is 15.4 Å². The third kappa shape index (κ3) is 5.67. The Bertz CT molecular complexity index is 884. The van der Waals surface area contributed by atoms with E-state index in [9.17, 15) is 4.39 Å². The molecule has 140 valence electrons. The van der Waals surface area contributed by atoms with Crippen molar-refractivity contribution in [2.75, 3.05) is 24.3 Å². The van der Waals surface area contributed by atoms with E-state index in [0.717, 1.165) is 35.8 Å². The molecule has 1 heterocycles. The van der Waals surface area contributed by atoms with E-state index >= 15 is 0 Å². The Kier molecular flexibility index (Phi) is 6.20. The molecule has 0 fully saturated rings. The Balaban J connectivity index is 1.56. The molecule has 0 radical (unpaired) electrons. The van der Waals surface area contributed by atoms with E-state index in [4.69, 9.17) is 4.74 Å². The summed E-state index contributed by atoms with van der Waals surface area (Å²) >= 11 is 0. The van der Waals surface area contributed by atoms with Crippen molar-refractivity contribution in [3.8, 4) is 5.75 Å². The van der Waals surface area contributed by atoms with Crippen LogP contribution in [0.25, 0.3) is 0 Å². The van der Waals surface area contributed by atoms with Crippen LogP contribution in [0.5, 0.6) is 5.75 Å². The number of nitrogens with one attached hydrogen (secondary N) is 2. The van der Waals surface area contributed by atoms with Crippen molar-refractivity contribution in [3.05, 3.63) is 77.2 Å². The Labute approximate surface area is 158 Å². The van der Waals surface area contributed by atoms with E-state index in [1.54, 1.807) is 19.2 Å². The fourth-order valence-electron chi connectivity index (χ4n) is 2.68. The Morgan fingerprint density at radius 3 is 2.56 bits per heavy atom. The minimum Gasteiger partial charge on any atom is -0.497 e. The van der Waals surface area contributed by atoms with Crippen molar-refractivity contribution in [1.29, 1.82) is 0 Å². The molecule has 0 unspecified atom stereocenters. The molecule has 0 aliphatic heterocycles. The third-order valence-electron chi connectivity index (χ3n) is 4.07. The van der Waals surface area contributed by atoms with Crippen LogP contribution in [-0.4, -0.2) is 23.6 Å². The second-order valence-corrected chi connectivity index (χ2v) is 6.23. The first-order chi connectivity index (χ1) is 13.1. The Morgan fingerprint density at radius 1 is 0.963 bits per heavy atom. The van der Waals surface area contributed by atoms with Crippen LogP contribution in [0.2, 0.25) is 0 Å². The van der Waals surface area contributed by atoms with Crippen molar-refractivity contribution in [2.45, 2.75) is 19.9 Å². The van der Waals surface area contributed by atoms with E-state index in [-0.39, 0.29) is 5.82 Å². The predicted octanol–water partition coefficient (Wildman–Crippen LogP) is 4.20. The van der Waals surface area contributed by atoms with Crippen LogP contribution < -0.4 is 15.4 Å². The van der Waals surface area contributed by atoms with Crippen LogP contribution in [0.15, 0.2) is 54.6 Å². The molecule has 5 nitrogen and oxygen atoms in total. The lowest BCUT2D eigenvalue weighted by molar-refractivity contribution is 0.414. The number of methoxy groups -OCH3 is 1. The maximum atomic E-state index is 13.0. The van der Waals surface area contributed by atoms with Gasteiger partial charge in [-0.3, -0.25) is 0 Å². The molecular weight excluding hydrogens is 343 g/mol. The maximum absolute atomic E-state index is 13.0. The number of anilines is 2. The summed E-state index contributed by atoms with van der Waals surface area (Å²) < 4.78 is 18.2.